The van der Waals surface area contributed by atoms with E-state index in [0.717, 1.165) is 42.7 Å². The molecule has 0 unspecified atom stereocenters. The zero-order valence-electron chi connectivity index (χ0n) is 22.0. The second kappa shape index (κ2) is 12.7. The number of aryl methyl sites for hydroxylation is 1. The van der Waals surface area contributed by atoms with Crippen molar-refractivity contribution < 1.29 is 22.7 Å². The van der Waals surface area contributed by atoms with Crippen molar-refractivity contribution >= 4 is 27.0 Å². The lowest BCUT2D eigenvalue weighted by atomic mass is 9.96. The molecule has 3 aromatic rings. The lowest BCUT2D eigenvalue weighted by molar-refractivity contribution is -0.132. The highest BCUT2D eigenvalue weighted by molar-refractivity contribution is 7.89. The van der Waals surface area contributed by atoms with Gasteiger partial charge in [0.25, 0.3) is 0 Å². The molecule has 0 aliphatic carbocycles. The zero-order valence-corrected chi connectivity index (χ0v) is 22.8. The standard InChI is InChI=1S/C27H37N5O5S/c1-36-16-6-15-32-25-9-4-3-8-24(25)30-27(32)20-7-5-14-31(19-20)26(33)17-21(28)18-29-38(34,35)23-12-10-22(37-2)11-13-23/h3-4,8-13,20-21,29H,5-7,14-19,28H2,1-2H3/t20-,21+/m1/s1. The van der Waals surface area contributed by atoms with Crippen molar-refractivity contribution in [3.05, 3.63) is 54.4 Å². The van der Waals surface area contributed by atoms with Gasteiger partial charge in [-0.3, -0.25) is 4.79 Å². The van der Waals surface area contributed by atoms with Gasteiger partial charge in [-0.15, -0.1) is 0 Å². The molecule has 10 nitrogen and oxygen atoms in total. The van der Waals surface area contributed by atoms with Gasteiger partial charge in [0.15, 0.2) is 0 Å². The van der Waals surface area contributed by atoms with Gasteiger partial charge in [-0.25, -0.2) is 18.1 Å². The third-order valence-electron chi connectivity index (χ3n) is 6.90. The Balaban J connectivity index is 1.37. The summed E-state index contributed by atoms with van der Waals surface area (Å²) in [7, 11) is -0.527. The Hall–Kier alpha value is -2.99. The van der Waals surface area contributed by atoms with Gasteiger partial charge in [-0.1, -0.05) is 12.1 Å². The van der Waals surface area contributed by atoms with Crippen molar-refractivity contribution in [2.75, 3.05) is 40.5 Å². The number of hydrogen-bond donors (Lipinski definition) is 2. The number of amides is 1. The molecule has 1 amide bonds. The lowest BCUT2D eigenvalue weighted by Crippen LogP contribution is -2.45. The number of sulfonamides is 1. The number of carbonyl (C=O) groups excluding carboxylic acids is 1. The summed E-state index contributed by atoms with van der Waals surface area (Å²) in [6.07, 6.45) is 2.75. The molecule has 1 fully saturated rings. The van der Waals surface area contributed by atoms with Crippen LogP contribution in [-0.4, -0.2) is 75.3 Å². The minimum atomic E-state index is -3.74. The Morgan fingerprint density at radius 3 is 2.68 bits per heavy atom. The van der Waals surface area contributed by atoms with Gasteiger partial charge in [-0.05, 0) is 55.7 Å². The number of para-hydroxylation sites is 2. The van der Waals surface area contributed by atoms with Crippen molar-refractivity contribution in [1.82, 2.24) is 19.2 Å². The van der Waals surface area contributed by atoms with Crippen LogP contribution in [0.3, 0.4) is 0 Å². The van der Waals surface area contributed by atoms with Crippen molar-refractivity contribution in [3.8, 4) is 5.75 Å². The number of nitrogens with one attached hydrogen (secondary N) is 1. The number of hydrogen-bond acceptors (Lipinski definition) is 7. The predicted octanol–water partition coefficient (Wildman–Crippen LogP) is 2.48. The van der Waals surface area contributed by atoms with Crippen LogP contribution in [0.4, 0.5) is 0 Å². The normalized spacial score (nSPS) is 17.0. The second-order valence-electron chi connectivity index (χ2n) is 9.63. The molecule has 0 saturated carbocycles. The molecule has 0 bridgehead atoms. The van der Waals surface area contributed by atoms with Crippen LogP contribution in [0.25, 0.3) is 11.0 Å². The molecule has 1 aliphatic heterocycles. The first-order valence-corrected chi connectivity index (χ1v) is 14.4. The Morgan fingerprint density at radius 1 is 1.18 bits per heavy atom. The van der Waals surface area contributed by atoms with Gasteiger partial charge in [0.2, 0.25) is 15.9 Å². The molecule has 1 aliphatic rings. The summed E-state index contributed by atoms with van der Waals surface area (Å²) in [6.45, 7) is 2.65. The first kappa shape index (κ1) is 28.0. The van der Waals surface area contributed by atoms with Gasteiger partial charge >= 0.3 is 0 Å². The number of aromatic nitrogens is 2. The number of ether oxygens (including phenoxy) is 2. The van der Waals surface area contributed by atoms with Crippen LogP contribution in [-0.2, 0) is 26.1 Å². The molecule has 206 valence electrons. The summed E-state index contributed by atoms with van der Waals surface area (Å²) in [5.41, 5.74) is 8.22. The molecule has 1 aromatic heterocycles. The van der Waals surface area contributed by atoms with Gasteiger partial charge in [-0.2, -0.15) is 0 Å². The van der Waals surface area contributed by atoms with Gasteiger partial charge in [0.05, 0.1) is 23.0 Å². The Kier molecular flexibility index (Phi) is 9.37. The number of nitrogens with two attached hydrogens (primary N) is 1. The summed E-state index contributed by atoms with van der Waals surface area (Å²) >= 11 is 0. The number of rotatable bonds is 12. The number of fused-ring (bicyclic) bond motifs is 1. The van der Waals surface area contributed by atoms with E-state index >= 15 is 0 Å². The first-order valence-electron chi connectivity index (χ1n) is 12.9. The summed E-state index contributed by atoms with van der Waals surface area (Å²) in [6, 6.07) is 13.5. The van der Waals surface area contributed by atoms with Crippen molar-refractivity contribution in [1.29, 1.82) is 0 Å². The molecule has 4 rings (SSSR count). The Labute approximate surface area is 224 Å². The number of nitrogens with zero attached hydrogens (tertiary/aromatic N) is 3. The van der Waals surface area contributed by atoms with Crippen LogP contribution in [0.15, 0.2) is 53.4 Å². The molecule has 1 saturated heterocycles. The fourth-order valence-corrected chi connectivity index (χ4v) is 6.00. The van der Waals surface area contributed by atoms with E-state index in [1.165, 1.54) is 19.2 Å². The molecular formula is C27H37N5O5S. The van der Waals surface area contributed by atoms with Gasteiger partial charge < -0.3 is 24.7 Å². The van der Waals surface area contributed by atoms with E-state index < -0.39 is 16.1 Å². The van der Waals surface area contributed by atoms with Crippen LogP contribution in [0.1, 0.15) is 37.4 Å². The third-order valence-corrected chi connectivity index (χ3v) is 8.34. The van der Waals surface area contributed by atoms with E-state index in [9.17, 15) is 13.2 Å². The van der Waals surface area contributed by atoms with E-state index in [0.29, 0.717) is 25.4 Å². The van der Waals surface area contributed by atoms with Crippen LogP contribution >= 0.6 is 0 Å². The number of piperidine rings is 1. The number of likely N-dealkylation sites (tertiary alicyclic amines) is 1. The van der Waals surface area contributed by atoms with Crippen molar-refractivity contribution in [2.24, 2.45) is 5.73 Å². The van der Waals surface area contributed by atoms with E-state index in [1.54, 1.807) is 19.2 Å². The molecule has 38 heavy (non-hydrogen) atoms. The average molecular weight is 544 g/mol. The summed E-state index contributed by atoms with van der Waals surface area (Å²) in [5.74, 6) is 1.60. The summed E-state index contributed by atoms with van der Waals surface area (Å²) in [5, 5.41) is 0. The molecule has 11 heteroatoms. The molecule has 0 radical (unpaired) electrons. The number of imidazole rings is 1. The monoisotopic (exact) mass is 543 g/mol. The van der Waals surface area contributed by atoms with Gasteiger partial charge in [0.1, 0.15) is 11.6 Å². The molecular weight excluding hydrogens is 506 g/mol. The molecule has 2 atom stereocenters. The fraction of sp³-hybridized carbons (Fsp3) is 0.481. The maximum Gasteiger partial charge on any atom is 0.240 e. The fourth-order valence-electron chi connectivity index (χ4n) is 4.90. The summed E-state index contributed by atoms with van der Waals surface area (Å²) in [4.78, 5) is 20.0. The van der Waals surface area contributed by atoms with E-state index in [4.69, 9.17) is 20.2 Å². The largest absolute Gasteiger partial charge is 0.497 e. The predicted molar refractivity (Wildman–Crippen MR) is 146 cm³/mol. The highest BCUT2D eigenvalue weighted by Crippen LogP contribution is 2.30. The number of methoxy groups -OCH3 is 2. The van der Waals surface area contributed by atoms with Crippen LogP contribution < -0.4 is 15.2 Å². The average Bonchev–Trinajstić information content (AvgIpc) is 3.31. The molecule has 3 N–H and O–H groups in total. The highest BCUT2D eigenvalue weighted by atomic mass is 32.2. The smallest absolute Gasteiger partial charge is 0.240 e. The Bertz CT molecular complexity index is 1330. The van der Waals surface area contributed by atoms with E-state index in [1.807, 2.05) is 23.1 Å². The van der Waals surface area contributed by atoms with E-state index in [2.05, 4.69) is 15.4 Å². The second-order valence-corrected chi connectivity index (χ2v) is 11.4. The van der Waals surface area contributed by atoms with Crippen LogP contribution in [0.5, 0.6) is 5.75 Å². The topological polar surface area (TPSA) is 129 Å². The molecule has 2 aromatic carbocycles. The van der Waals surface area contributed by atoms with Crippen LogP contribution in [0.2, 0.25) is 0 Å². The third kappa shape index (κ3) is 6.71. The maximum absolute atomic E-state index is 13.1. The zero-order chi connectivity index (χ0) is 27.1. The maximum atomic E-state index is 13.1. The van der Waals surface area contributed by atoms with Crippen molar-refractivity contribution in [3.63, 3.8) is 0 Å². The van der Waals surface area contributed by atoms with Gasteiger partial charge in [0, 0.05) is 58.3 Å². The lowest BCUT2D eigenvalue weighted by Gasteiger charge is -2.33. The molecule has 2 heterocycles. The highest BCUT2D eigenvalue weighted by Gasteiger charge is 2.29. The Morgan fingerprint density at radius 2 is 1.95 bits per heavy atom. The minimum Gasteiger partial charge on any atom is -0.497 e. The number of carbonyl (C=O) groups is 1. The SMILES string of the molecule is COCCCn1c([C@@H]2CCCN(C(=O)C[C@H](N)CNS(=O)(=O)c3ccc(OC)cc3)C2)nc2ccccc21. The van der Waals surface area contributed by atoms with Crippen LogP contribution in [0, 0.1) is 0 Å². The minimum absolute atomic E-state index is 0.0351. The molecule has 0 spiro atoms. The summed E-state index contributed by atoms with van der Waals surface area (Å²) < 4.78 is 40.3. The quantitative estimate of drug-likeness (QED) is 0.336. The number of benzene rings is 2. The van der Waals surface area contributed by atoms with E-state index in [-0.39, 0.29) is 29.7 Å². The first-order chi connectivity index (χ1) is 18.3. The van der Waals surface area contributed by atoms with Crippen molar-refractivity contribution in [2.45, 2.75) is 49.1 Å².